The molecule has 0 aliphatic heterocycles. The lowest BCUT2D eigenvalue weighted by molar-refractivity contribution is 1.60. The molecule has 46 heavy (non-hydrogen) atoms. The van der Waals surface area contributed by atoms with Gasteiger partial charge in [0, 0.05) is 0 Å². The molecule has 0 atom stereocenters. The predicted octanol–water partition coefficient (Wildman–Crippen LogP) is 12.9. The molecule has 0 spiro atoms. The largest absolute Gasteiger partial charge is 0.0616 e. The summed E-state index contributed by atoms with van der Waals surface area (Å²) in [4.78, 5) is 0. The van der Waals surface area contributed by atoms with Crippen molar-refractivity contribution < 1.29 is 0 Å². The van der Waals surface area contributed by atoms with Crippen LogP contribution in [0.4, 0.5) is 0 Å². The van der Waals surface area contributed by atoms with Crippen LogP contribution in [0, 0.1) is 0 Å². The molecule has 0 bridgehead atoms. The van der Waals surface area contributed by atoms with E-state index in [9.17, 15) is 0 Å². The Kier molecular flexibility index (Phi) is 5.38. The molecular formula is C46H28. The maximum absolute atomic E-state index is 2.34. The Morgan fingerprint density at radius 1 is 0.196 bits per heavy atom. The molecule has 212 valence electrons. The molecule has 0 nitrogen and oxygen atoms in total. The van der Waals surface area contributed by atoms with Gasteiger partial charge >= 0.3 is 0 Å². The lowest BCUT2D eigenvalue weighted by atomic mass is 9.81. The number of benzene rings is 9. The zero-order chi connectivity index (χ0) is 30.2. The van der Waals surface area contributed by atoms with Crippen molar-refractivity contribution in [2.24, 2.45) is 0 Å². The second-order valence-electron chi connectivity index (χ2n) is 12.4. The van der Waals surface area contributed by atoms with Crippen molar-refractivity contribution in [3.05, 3.63) is 170 Å². The van der Waals surface area contributed by atoms with Gasteiger partial charge in [-0.15, -0.1) is 0 Å². The van der Waals surface area contributed by atoms with Crippen LogP contribution in [-0.2, 0) is 0 Å². The molecule has 0 radical (unpaired) electrons. The fraction of sp³-hybridized carbons (Fsp3) is 0. The van der Waals surface area contributed by atoms with Crippen LogP contribution in [-0.4, -0.2) is 0 Å². The van der Waals surface area contributed by atoms with Gasteiger partial charge in [-0.3, -0.25) is 0 Å². The summed E-state index contributed by atoms with van der Waals surface area (Å²) < 4.78 is 0. The third kappa shape index (κ3) is 3.50. The first-order chi connectivity index (χ1) is 22.9. The van der Waals surface area contributed by atoms with E-state index in [1.54, 1.807) is 0 Å². The van der Waals surface area contributed by atoms with Crippen molar-refractivity contribution in [3.63, 3.8) is 0 Å². The monoisotopic (exact) mass is 580 g/mol. The van der Waals surface area contributed by atoms with Gasteiger partial charge in [0.05, 0.1) is 0 Å². The minimum atomic E-state index is 1.26. The van der Waals surface area contributed by atoms with Gasteiger partial charge in [-0.1, -0.05) is 170 Å². The lowest BCUT2D eigenvalue weighted by Crippen LogP contribution is -1.95. The van der Waals surface area contributed by atoms with E-state index in [0.717, 1.165) is 0 Å². The molecule has 9 aromatic rings. The minimum absolute atomic E-state index is 1.26. The van der Waals surface area contributed by atoms with Crippen LogP contribution in [0.2, 0.25) is 0 Å². The van der Waals surface area contributed by atoms with Gasteiger partial charge in [-0.25, -0.2) is 0 Å². The Hall–Kier alpha value is -5.98. The van der Waals surface area contributed by atoms with Crippen LogP contribution in [0.3, 0.4) is 0 Å². The number of hydrogen-bond acceptors (Lipinski definition) is 0. The van der Waals surface area contributed by atoms with Crippen molar-refractivity contribution in [3.8, 4) is 55.6 Å². The summed E-state index contributed by atoms with van der Waals surface area (Å²) in [5.41, 5.74) is 12.9. The van der Waals surface area contributed by atoms with Crippen LogP contribution in [0.5, 0.6) is 0 Å². The molecular weight excluding hydrogens is 553 g/mol. The first kappa shape index (κ1) is 25.4. The number of hydrogen-bond donors (Lipinski definition) is 0. The molecule has 0 N–H and O–H groups in total. The Labute approximate surface area is 267 Å². The maximum atomic E-state index is 2.34. The van der Waals surface area contributed by atoms with Gasteiger partial charge in [-0.2, -0.15) is 0 Å². The van der Waals surface area contributed by atoms with Gasteiger partial charge in [0.15, 0.2) is 0 Å². The highest BCUT2D eigenvalue weighted by atomic mass is 14.3. The second kappa shape index (κ2) is 9.76. The summed E-state index contributed by atoms with van der Waals surface area (Å²) in [6.45, 7) is 0. The van der Waals surface area contributed by atoms with Crippen molar-refractivity contribution in [1.29, 1.82) is 0 Å². The summed E-state index contributed by atoms with van der Waals surface area (Å²) in [6, 6.07) is 62.9. The van der Waals surface area contributed by atoms with E-state index in [0.29, 0.717) is 0 Å². The molecule has 0 saturated carbocycles. The van der Waals surface area contributed by atoms with E-state index < -0.39 is 0 Å². The Bertz CT molecular complexity index is 2620. The van der Waals surface area contributed by atoms with E-state index in [1.807, 2.05) is 0 Å². The van der Waals surface area contributed by atoms with Crippen LogP contribution >= 0.6 is 0 Å². The Morgan fingerprint density at radius 3 is 1.26 bits per heavy atom. The van der Waals surface area contributed by atoms with Crippen LogP contribution in [0.1, 0.15) is 0 Å². The second-order valence-corrected chi connectivity index (χ2v) is 12.4. The fourth-order valence-electron chi connectivity index (χ4n) is 8.15. The van der Waals surface area contributed by atoms with E-state index in [2.05, 4.69) is 170 Å². The molecule has 9 aromatic carbocycles. The first-order valence-corrected chi connectivity index (χ1v) is 16.0. The maximum Gasteiger partial charge on any atom is -0.00199 e. The lowest BCUT2D eigenvalue weighted by Gasteiger charge is -2.22. The Balaban J connectivity index is 1.39. The summed E-state index contributed by atoms with van der Waals surface area (Å²) >= 11 is 0. The molecule has 0 unspecified atom stereocenters. The van der Waals surface area contributed by atoms with Crippen molar-refractivity contribution in [2.75, 3.05) is 0 Å². The van der Waals surface area contributed by atoms with Gasteiger partial charge in [0.2, 0.25) is 0 Å². The van der Waals surface area contributed by atoms with E-state index in [1.165, 1.54) is 98.7 Å². The van der Waals surface area contributed by atoms with Gasteiger partial charge in [0.25, 0.3) is 0 Å². The van der Waals surface area contributed by atoms with Crippen LogP contribution in [0.25, 0.3) is 98.7 Å². The highest BCUT2D eigenvalue weighted by molar-refractivity contribution is 6.25. The quantitative estimate of drug-likeness (QED) is 0.178. The summed E-state index contributed by atoms with van der Waals surface area (Å²) in [5, 5.41) is 10.2. The van der Waals surface area contributed by atoms with Gasteiger partial charge < -0.3 is 0 Å². The summed E-state index contributed by atoms with van der Waals surface area (Å²) in [6.07, 6.45) is 0. The normalized spacial score (nSPS) is 11.9. The average molecular weight is 581 g/mol. The van der Waals surface area contributed by atoms with E-state index in [-0.39, 0.29) is 0 Å². The Morgan fingerprint density at radius 2 is 0.587 bits per heavy atom. The minimum Gasteiger partial charge on any atom is -0.0616 e. The molecule has 0 saturated heterocycles. The third-order valence-electron chi connectivity index (χ3n) is 10.0. The third-order valence-corrected chi connectivity index (χ3v) is 10.0. The standard InChI is InChI=1S/C46H28/c1-2-17-31-29(13-1)14-9-24-33(31)44-37-20-5-7-22-39(37)46(40-23-8-6-21-38(40)44)42-28-12-27-41-36-26-11-16-30-15-10-25-34(43(30)36)32-18-3-4-19-35(32)45(41)42/h1-28H. The molecule has 1 aliphatic rings. The molecule has 0 heterocycles. The smallest absolute Gasteiger partial charge is 0.00199 e. The first-order valence-electron chi connectivity index (χ1n) is 16.0. The van der Waals surface area contributed by atoms with Gasteiger partial charge in [0.1, 0.15) is 0 Å². The van der Waals surface area contributed by atoms with E-state index in [4.69, 9.17) is 0 Å². The fourth-order valence-corrected chi connectivity index (χ4v) is 8.15. The van der Waals surface area contributed by atoms with Crippen molar-refractivity contribution in [1.82, 2.24) is 0 Å². The summed E-state index contributed by atoms with van der Waals surface area (Å²) in [5.74, 6) is 0. The van der Waals surface area contributed by atoms with Crippen molar-refractivity contribution in [2.45, 2.75) is 0 Å². The predicted molar refractivity (Wildman–Crippen MR) is 197 cm³/mol. The molecule has 1 aliphatic carbocycles. The zero-order valence-electron chi connectivity index (χ0n) is 25.2. The molecule has 0 heteroatoms. The molecule has 0 amide bonds. The number of rotatable bonds is 2. The number of fused-ring (bicyclic) bond motifs is 8. The molecule has 10 rings (SSSR count). The molecule has 0 fully saturated rings. The van der Waals surface area contributed by atoms with Crippen LogP contribution in [0.15, 0.2) is 170 Å². The highest BCUT2D eigenvalue weighted by Gasteiger charge is 2.26. The topological polar surface area (TPSA) is 0 Å². The SMILES string of the molecule is c1ccc2c(c1)-c1c(-c3c4ccccc4c(-c4cccc5ccccc45)c4ccccc34)cccc1-c1cccc3cccc-2c13. The summed E-state index contributed by atoms with van der Waals surface area (Å²) in [7, 11) is 0. The zero-order valence-corrected chi connectivity index (χ0v) is 25.2. The van der Waals surface area contributed by atoms with Crippen molar-refractivity contribution >= 4 is 43.1 Å². The van der Waals surface area contributed by atoms with E-state index >= 15 is 0 Å². The van der Waals surface area contributed by atoms with Crippen LogP contribution < -0.4 is 0 Å². The van der Waals surface area contributed by atoms with Gasteiger partial charge in [-0.05, 0) is 98.7 Å². The average Bonchev–Trinajstić information content (AvgIpc) is 3.25. The highest BCUT2D eigenvalue weighted by Crippen LogP contribution is 2.53. The molecule has 0 aromatic heterocycles.